The Balaban J connectivity index is 2.58. The molecule has 1 aromatic heterocycles. The van der Waals surface area contributed by atoms with Gasteiger partial charge in [0.1, 0.15) is 0 Å². The third kappa shape index (κ3) is 3.13. The monoisotopic (exact) mass is 181 g/mol. The topological polar surface area (TPSA) is 12.9 Å². The van der Waals surface area contributed by atoms with E-state index >= 15 is 0 Å². The van der Waals surface area contributed by atoms with Gasteiger partial charge in [0, 0.05) is 6.20 Å². The summed E-state index contributed by atoms with van der Waals surface area (Å²) in [5.41, 5.74) is 1.13. The normalized spacial score (nSPS) is 10.8. The second-order valence-electron chi connectivity index (χ2n) is 3.38. The van der Waals surface area contributed by atoms with Crippen molar-refractivity contribution in [1.29, 1.82) is 0 Å². The van der Waals surface area contributed by atoms with Gasteiger partial charge >= 0.3 is 0 Å². The van der Waals surface area contributed by atoms with Crippen molar-refractivity contribution in [2.45, 2.75) is 33.1 Å². The molecule has 1 nitrogen and oxygen atoms in total. The number of hydrogen-bond donors (Lipinski definition) is 0. The maximum Gasteiger partial charge on any atom is 0.212 e. The Labute approximate surface area is 79.0 Å². The van der Waals surface area contributed by atoms with Gasteiger partial charge in [0.2, 0.25) is 5.95 Å². The number of nitrogens with zero attached hydrogens (tertiary/aromatic N) is 1. The molecule has 0 atom stereocenters. The van der Waals surface area contributed by atoms with Crippen LogP contribution in [0.15, 0.2) is 18.3 Å². The van der Waals surface area contributed by atoms with Crippen LogP contribution < -0.4 is 0 Å². The Morgan fingerprint density at radius 3 is 2.46 bits per heavy atom. The van der Waals surface area contributed by atoms with Crippen molar-refractivity contribution in [1.82, 2.24) is 4.98 Å². The van der Waals surface area contributed by atoms with Crippen molar-refractivity contribution >= 4 is 0 Å². The van der Waals surface area contributed by atoms with Crippen LogP contribution in [0, 0.1) is 11.9 Å². The molecule has 0 radical (unpaired) electrons. The summed E-state index contributed by atoms with van der Waals surface area (Å²) in [5, 5.41) is 0. The van der Waals surface area contributed by atoms with E-state index in [-0.39, 0.29) is 0 Å². The molecule has 0 unspecified atom stereocenters. The summed E-state index contributed by atoms with van der Waals surface area (Å²) in [6, 6.07) is 3.25. The van der Waals surface area contributed by atoms with E-state index in [0.717, 1.165) is 12.0 Å². The summed E-state index contributed by atoms with van der Waals surface area (Å²) in [6.45, 7) is 4.37. The van der Waals surface area contributed by atoms with Gasteiger partial charge in [-0.05, 0) is 24.0 Å². The van der Waals surface area contributed by atoms with E-state index in [1.54, 1.807) is 6.20 Å². The first kappa shape index (κ1) is 10.2. The van der Waals surface area contributed by atoms with Gasteiger partial charge in [-0.25, -0.2) is 4.98 Å². The second-order valence-corrected chi connectivity index (χ2v) is 3.38. The molecular weight excluding hydrogens is 165 g/mol. The van der Waals surface area contributed by atoms with E-state index in [0.29, 0.717) is 5.92 Å². The third-order valence-corrected chi connectivity index (χ3v) is 2.47. The molecule has 0 saturated heterocycles. The van der Waals surface area contributed by atoms with Crippen molar-refractivity contribution in [3.05, 3.63) is 29.8 Å². The summed E-state index contributed by atoms with van der Waals surface area (Å²) in [6.07, 6.45) is 5.00. The van der Waals surface area contributed by atoms with Gasteiger partial charge < -0.3 is 0 Å². The second kappa shape index (κ2) is 4.95. The molecular formula is C11H16FN. The highest BCUT2D eigenvalue weighted by Gasteiger charge is 2.04. The third-order valence-electron chi connectivity index (χ3n) is 2.47. The van der Waals surface area contributed by atoms with Crippen LogP contribution in [-0.4, -0.2) is 4.98 Å². The highest BCUT2D eigenvalue weighted by atomic mass is 19.1. The van der Waals surface area contributed by atoms with Crippen LogP contribution in [0.5, 0.6) is 0 Å². The summed E-state index contributed by atoms with van der Waals surface area (Å²) in [5.74, 6) is 0.306. The van der Waals surface area contributed by atoms with Crippen LogP contribution >= 0.6 is 0 Å². The molecule has 1 rings (SSSR count). The SMILES string of the molecule is CCC(CC)Cc1ccc(F)nc1. The van der Waals surface area contributed by atoms with E-state index < -0.39 is 5.95 Å². The first-order valence-electron chi connectivity index (χ1n) is 4.86. The van der Waals surface area contributed by atoms with Gasteiger partial charge in [-0.1, -0.05) is 32.8 Å². The number of halogens is 1. The number of rotatable bonds is 4. The van der Waals surface area contributed by atoms with Gasteiger partial charge in [0.05, 0.1) is 0 Å². The minimum atomic E-state index is -0.395. The molecule has 0 aliphatic heterocycles. The fourth-order valence-corrected chi connectivity index (χ4v) is 1.44. The molecule has 2 heteroatoms. The van der Waals surface area contributed by atoms with Crippen LogP contribution in [0.4, 0.5) is 4.39 Å². The fraction of sp³-hybridized carbons (Fsp3) is 0.545. The molecule has 0 bridgehead atoms. The lowest BCUT2D eigenvalue weighted by atomic mass is 9.96. The highest BCUT2D eigenvalue weighted by Crippen LogP contribution is 2.14. The summed E-state index contributed by atoms with van der Waals surface area (Å²) >= 11 is 0. The van der Waals surface area contributed by atoms with Crippen LogP contribution in [0.25, 0.3) is 0 Å². The predicted molar refractivity (Wildman–Crippen MR) is 52.0 cm³/mol. The number of aromatic nitrogens is 1. The molecule has 0 aliphatic rings. The Kier molecular flexibility index (Phi) is 3.87. The lowest BCUT2D eigenvalue weighted by molar-refractivity contribution is 0.488. The smallest absolute Gasteiger partial charge is 0.212 e. The maximum absolute atomic E-state index is 12.5. The molecule has 1 heterocycles. The molecule has 72 valence electrons. The van der Waals surface area contributed by atoms with Crippen molar-refractivity contribution in [3.63, 3.8) is 0 Å². The molecule has 0 spiro atoms. The quantitative estimate of drug-likeness (QED) is 0.650. The average molecular weight is 181 g/mol. The molecule has 0 aliphatic carbocycles. The Morgan fingerprint density at radius 2 is 2.00 bits per heavy atom. The van der Waals surface area contributed by atoms with E-state index in [2.05, 4.69) is 18.8 Å². The van der Waals surface area contributed by atoms with Crippen molar-refractivity contribution in [3.8, 4) is 0 Å². The van der Waals surface area contributed by atoms with Gasteiger partial charge in [-0.2, -0.15) is 4.39 Å². The number of pyridine rings is 1. The first-order chi connectivity index (χ1) is 6.26. The molecule has 0 saturated carbocycles. The van der Waals surface area contributed by atoms with Crippen LogP contribution in [0.1, 0.15) is 32.3 Å². The van der Waals surface area contributed by atoms with Crippen molar-refractivity contribution < 1.29 is 4.39 Å². The molecule has 0 aromatic carbocycles. The Hall–Kier alpha value is -0.920. The molecule has 0 N–H and O–H groups in total. The molecule has 0 amide bonds. The lowest BCUT2D eigenvalue weighted by Gasteiger charge is -2.11. The molecule has 0 fully saturated rings. The number of hydrogen-bond acceptors (Lipinski definition) is 1. The Bertz CT molecular complexity index is 239. The standard InChI is InChI=1S/C11H16FN/c1-3-9(4-2)7-10-5-6-11(12)13-8-10/h5-6,8-9H,3-4,7H2,1-2H3. The summed E-state index contributed by atoms with van der Waals surface area (Å²) in [4.78, 5) is 3.63. The van der Waals surface area contributed by atoms with Gasteiger partial charge in [0.25, 0.3) is 0 Å². The largest absolute Gasteiger partial charge is 0.228 e. The van der Waals surface area contributed by atoms with E-state index in [4.69, 9.17) is 0 Å². The predicted octanol–water partition coefficient (Wildman–Crippen LogP) is 3.20. The Morgan fingerprint density at radius 1 is 1.31 bits per heavy atom. The first-order valence-corrected chi connectivity index (χ1v) is 4.86. The van der Waals surface area contributed by atoms with E-state index in [1.807, 2.05) is 6.07 Å². The minimum Gasteiger partial charge on any atom is -0.228 e. The van der Waals surface area contributed by atoms with Crippen molar-refractivity contribution in [2.75, 3.05) is 0 Å². The van der Waals surface area contributed by atoms with Crippen molar-refractivity contribution in [2.24, 2.45) is 5.92 Å². The van der Waals surface area contributed by atoms with E-state index in [1.165, 1.54) is 18.9 Å². The summed E-state index contributed by atoms with van der Waals surface area (Å²) < 4.78 is 12.5. The minimum absolute atomic E-state index is 0.395. The lowest BCUT2D eigenvalue weighted by Crippen LogP contribution is -2.02. The molecule has 13 heavy (non-hydrogen) atoms. The zero-order chi connectivity index (χ0) is 9.68. The maximum atomic E-state index is 12.5. The zero-order valence-corrected chi connectivity index (χ0v) is 8.26. The van der Waals surface area contributed by atoms with Crippen LogP contribution in [-0.2, 0) is 6.42 Å². The molecule has 1 aromatic rings. The summed E-state index contributed by atoms with van der Waals surface area (Å²) in [7, 11) is 0. The zero-order valence-electron chi connectivity index (χ0n) is 8.26. The van der Waals surface area contributed by atoms with Gasteiger partial charge in [-0.3, -0.25) is 0 Å². The van der Waals surface area contributed by atoms with Gasteiger partial charge in [0.15, 0.2) is 0 Å². The highest BCUT2D eigenvalue weighted by molar-refractivity contribution is 5.09. The fourth-order valence-electron chi connectivity index (χ4n) is 1.44. The average Bonchev–Trinajstić information content (AvgIpc) is 2.17. The van der Waals surface area contributed by atoms with E-state index in [9.17, 15) is 4.39 Å². The van der Waals surface area contributed by atoms with Crippen LogP contribution in [0.2, 0.25) is 0 Å². The van der Waals surface area contributed by atoms with Crippen LogP contribution in [0.3, 0.4) is 0 Å². The van der Waals surface area contributed by atoms with Gasteiger partial charge in [-0.15, -0.1) is 0 Å².